The SMILES string of the molecule is C=CCOC(=O)[C@@H]1[C@@H]2CCC3(O2)C(C(=O)N(CC=C)c2cc(C)ccc2C)N(CCCO)C(=O)[C@H]13. The first-order valence-electron chi connectivity index (χ1n) is 12.2. The molecule has 1 spiro atoms. The Balaban J connectivity index is 1.77. The van der Waals surface area contributed by atoms with Crippen molar-refractivity contribution in [1.29, 1.82) is 0 Å². The number of hydrogen-bond acceptors (Lipinski definition) is 6. The second-order valence-corrected chi connectivity index (χ2v) is 9.61. The van der Waals surface area contributed by atoms with Gasteiger partial charge in [-0.15, -0.1) is 6.58 Å². The van der Waals surface area contributed by atoms with Crippen LogP contribution in [0.1, 0.15) is 30.4 Å². The molecule has 8 nitrogen and oxygen atoms in total. The molecule has 5 atom stereocenters. The van der Waals surface area contributed by atoms with Crippen molar-refractivity contribution in [3.8, 4) is 0 Å². The summed E-state index contributed by atoms with van der Waals surface area (Å²) in [4.78, 5) is 44.2. The first-order valence-corrected chi connectivity index (χ1v) is 12.2. The van der Waals surface area contributed by atoms with E-state index in [1.165, 1.54) is 11.0 Å². The topological polar surface area (TPSA) is 96.4 Å². The first kappa shape index (κ1) is 25.1. The van der Waals surface area contributed by atoms with Gasteiger partial charge in [-0.05, 0) is 50.3 Å². The number of anilines is 1. The highest BCUT2D eigenvalue weighted by molar-refractivity contribution is 6.05. The zero-order valence-corrected chi connectivity index (χ0v) is 20.4. The highest BCUT2D eigenvalue weighted by Crippen LogP contribution is 2.59. The molecular weight excluding hydrogens is 448 g/mol. The van der Waals surface area contributed by atoms with Gasteiger partial charge in [-0.1, -0.05) is 30.9 Å². The molecule has 1 N–H and O–H groups in total. The number of rotatable bonds is 10. The van der Waals surface area contributed by atoms with Crippen LogP contribution in [0, 0.1) is 25.7 Å². The molecule has 2 amide bonds. The van der Waals surface area contributed by atoms with Gasteiger partial charge in [0.05, 0.1) is 17.9 Å². The van der Waals surface area contributed by atoms with Crippen molar-refractivity contribution in [1.82, 2.24) is 4.90 Å². The van der Waals surface area contributed by atoms with Gasteiger partial charge < -0.3 is 24.4 Å². The van der Waals surface area contributed by atoms with Gasteiger partial charge in [-0.3, -0.25) is 14.4 Å². The maximum Gasteiger partial charge on any atom is 0.312 e. The summed E-state index contributed by atoms with van der Waals surface area (Å²) in [5.74, 6) is -2.62. The number of aliphatic hydroxyl groups excluding tert-OH is 1. The number of likely N-dealkylation sites (tertiary alicyclic amines) is 1. The molecule has 188 valence electrons. The molecule has 1 aromatic carbocycles. The molecule has 3 aliphatic rings. The standard InChI is InChI=1S/C27H34N2O6/c1-5-12-28(19-16-17(3)8-9-18(19)4)25(32)23-27-11-10-20(35-27)21(26(33)34-15-6-2)22(27)24(31)29(23)13-7-14-30/h5-6,8-9,16,20-23,30H,1-2,7,10-15H2,3-4H3/t20-,21+,22-,23?,27?/m0/s1. The van der Waals surface area contributed by atoms with E-state index in [2.05, 4.69) is 13.2 Å². The van der Waals surface area contributed by atoms with Crippen LogP contribution >= 0.6 is 0 Å². The highest BCUT2D eigenvalue weighted by Gasteiger charge is 2.75. The molecule has 35 heavy (non-hydrogen) atoms. The number of aryl methyl sites for hydroxylation is 2. The number of amides is 2. The van der Waals surface area contributed by atoms with Crippen LogP contribution in [0.5, 0.6) is 0 Å². The monoisotopic (exact) mass is 482 g/mol. The minimum absolute atomic E-state index is 0.0479. The van der Waals surface area contributed by atoms with Gasteiger partial charge in [0.25, 0.3) is 5.91 Å². The molecule has 3 aliphatic heterocycles. The van der Waals surface area contributed by atoms with Crippen LogP contribution < -0.4 is 4.90 Å². The Labute approximate surface area is 206 Å². The highest BCUT2D eigenvalue weighted by atomic mass is 16.6. The Morgan fingerprint density at radius 1 is 1.31 bits per heavy atom. The van der Waals surface area contributed by atoms with Crippen LogP contribution in [-0.4, -0.2) is 71.8 Å². The molecule has 8 heteroatoms. The van der Waals surface area contributed by atoms with E-state index < -0.39 is 35.6 Å². The number of hydrogen-bond donors (Lipinski definition) is 1. The quantitative estimate of drug-likeness (QED) is 0.406. The van der Waals surface area contributed by atoms with Crippen LogP contribution in [0.25, 0.3) is 0 Å². The van der Waals surface area contributed by atoms with E-state index in [9.17, 15) is 19.5 Å². The minimum Gasteiger partial charge on any atom is -0.461 e. The van der Waals surface area contributed by atoms with Crippen molar-refractivity contribution in [2.75, 3.05) is 31.2 Å². The van der Waals surface area contributed by atoms with Crippen LogP contribution in [0.2, 0.25) is 0 Å². The number of carbonyl (C=O) groups is 3. The van der Waals surface area contributed by atoms with Gasteiger partial charge in [0.15, 0.2) is 0 Å². The zero-order chi connectivity index (χ0) is 25.3. The molecule has 1 aromatic rings. The summed E-state index contributed by atoms with van der Waals surface area (Å²) in [5, 5.41) is 9.48. The molecule has 0 aliphatic carbocycles. The number of esters is 1. The third-order valence-corrected chi connectivity index (χ3v) is 7.44. The maximum atomic E-state index is 14.3. The summed E-state index contributed by atoms with van der Waals surface area (Å²) in [7, 11) is 0. The fourth-order valence-electron chi connectivity index (χ4n) is 6.01. The summed E-state index contributed by atoms with van der Waals surface area (Å²) in [6.07, 6.45) is 4.06. The van der Waals surface area contributed by atoms with Gasteiger partial charge in [0, 0.05) is 25.4 Å². The fourth-order valence-corrected chi connectivity index (χ4v) is 6.01. The summed E-state index contributed by atoms with van der Waals surface area (Å²) >= 11 is 0. The normalized spacial score (nSPS) is 28.7. The first-order chi connectivity index (χ1) is 16.8. The van der Waals surface area contributed by atoms with E-state index in [-0.39, 0.29) is 38.1 Å². The van der Waals surface area contributed by atoms with Crippen LogP contribution in [0.15, 0.2) is 43.5 Å². The lowest BCUT2D eigenvalue weighted by atomic mass is 9.70. The molecule has 3 fully saturated rings. The second-order valence-electron chi connectivity index (χ2n) is 9.61. The summed E-state index contributed by atoms with van der Waals surface area (Å²) in [6, 6.07) is 4.98. The van der Waals surface area contributed by atoms with E-state index in [0.717, 1.165) is 16.8 Å². The van der Waals surface area contributed by atoms with E-state index in [1.54, 1.807) is 11.0 Å². The Hall–Kier alpha value is -2.97. The van der Waals surface area contributed by atoms with E-state index in [0.29, 0.717) is 19.3 Å². The van der Waals surface area contributed by atoms with Crippen LogP contribution in [-0.2, 0) is 23.9 Å². The maximum absolute atomic E-state index is 14.3. The smallest absolute Gasteiger partial charge is 0.312 e. The molecule has 3 heterocycles. The third kappa shape index (κ3) is 4.08. The van der Waals surface area contributed by atoms with Crippen LogP contribution in [0.3, 0.4) is 0 Å². The molecule has 4 rings (SSSR count). The second kappa shape index (κ2) is 9.95. The van der Waals surface area contributed by atoms with Gasteiger partial charge in [0.2, 0.25) is 5.91 Å². The van der Waals surface area contributed by atoms with Crippen molar-refractivity contribution in [2.24, 2.45) is 11.8 Å². The third-order valence-electron chi connectivity index (χ3n) is 7.44. The average Bonchev–Trinajstić information content (AvgIpc) is 3.48. The average molecular weight is 483 g/mol. The molecule has 0 saturated carbocycles. The van der Waals surface area contributed by atoms with E-state index >= 15 is 0 Å². The molecule has 2 bridgehead atoms. The summed E-state index contributed by atoms with van der Waals surface area (Å²) < 4.78 is 11.7. The number of fused-ring (bicyclic) bond motifs is 1. The number of ether oxygens (including phenoxy) is 2. The lowest BCUT2D eigenvalue weighted by Gasteiger charge is -2.37. The van der Waals surface area contributed by atoms with Crippen molar-refractivity contribution in [3.63, 3.8) is 0 Å². The van der Waals surface area contributed by atoms with Crippen molar-refractivity contribution in [3.05, 3.63) is 54.6 Å². The summed E-state index contributed by atoms with van der Waals surface area (Å²) in [5.41, 5.74) is 1.57. The Bertz CT molecular complexity index is 1040. The molecule has 0 aromatic heterocycles. The lowest BCUT2D eigenvalue weighted by Crippen LogP contribution is -2.56. The van der Waals surface area contributed by atoms with Crippen molar-refractivity contribution in [2.45, 2.75) is 50.9 Å². The molecular formula is C27H34N2O6. The largest absolute Gasteiger partial charge is 0.461 e. The summed E-state index contributed by atoms with van der Waals surface area (Å²) in [6.45, 7) is 11.7. The predicted octanol–water partition coefficient (Wildman–Crippen LogP) is 2.31. The van der Waals surface area contributed by atoms with Gasteiger partial charge in [0.1, 0.15) is 18.2 Å². The lowest BCUT2D eigenvalue weighted by molar-refractivity contribution is -0.154. The number of benzene rings is 1. The van der Waals surface area contributed by atoms with Gasteiger partial charge >= 0.3 is 5.97 Å². The van der Waals surface area contributed by atoms with Crippen molar-refractivity contribution >= 4 is 23.5 Å². The Morgan fingerprint density at radius 3 is 2.77 bits per heavy atom. The predicted molar refractivity (Wildman–Crippen MR) is 131 cm³/mol. The number of nitrogens with zero attached hydrogens (tertiary/aromatic N) is 2. The van der Waals surface area contributed by atoms with E-state index in [1.807, 2.05) is 32.0 Å². The molecule has 2 unspecified atom stereocenters. The number of aliphatic hydroxyl groups is 1. The Kier molecular flexibility index (Phi) is 7.15. The fraction of sp³-hybridized carbons (Fsp3) is 0.519. The van der Waals surface area contributed by atoms with Gasteiger partial charge in [-0.25, -0.2) is 0 Å². The van der Waals surface area contributed by atoms with Crippen LogP contribution in [0.4, 0.5) is 5.69 Å². The van der Waals surface area contributed by atoms with Gasteiger partial charge in [-0.2, -0.15) is 0 Å². The molecule has 0 radical (unpaired) electrons. The number of carbonyl (C=O) groups excluding carboxylic acids is 3. The molecule has 3 saturated heterocycles. The van der Waals surface area contributed by atoms with Crippen molar-refractivity contribution < 1.29 is 29.0 Å². The minimum atomic E-state index is -1.11. The van der Waals surface area contributed by atoms with E-state index in [4.69, 9.17) is 9.47 Å². The zero-order valence-electron chi connectivity index (χ0n) is 20.4. The Morgan fingerprint density at radius 2 is 2.09 bits per heavy atom.